The number of para-hydroxylation sites is 1. The number of hydrogen-bond donors (Lipinski definition) is 1. The molecule has 0 aliphatic rings. The smallest absolute Gasteiger partial charge is 0.251 e. The van der Waals surface area contributed by atoms with Gasteiger partial charge in [-0.05, 0) is 35.9 Å². The lowest BCUT2D eigenvalue weighted by Crippen LogP contribution is -2.24. The van der Waals surface area contributed by atoms with Crippen LogP contribution in [0.15, 0.2) is 72.8 Å². The Labute approximate surface area is 164 Å². The predicted octanol–water partition coefficient (Wildman–Crippen LogP) is 4.21. The highest BCUT2D eigenvalue weighted by Crippen LogP contribution is 2.27. The Kier molecular flexibility index (Phi) is 6.52. The Hall–Kier alpha value is -3.47. The van der Waals surface area contributed by atoms with Gasteiger partial charge in [0.1, 0.15) is 12.4 Å². The van der Waals surface area contributed by atoms with Crippen LogP contribution < -0.4 is 19.5 Å². The average molecular weight is 377 g/mol. The molecule has 0 unspecified atom stereocenters. The van der Waals surface area contributed by atoms with Gasteiger partial charge in [-0.15, -0.1) is 0 Å². The van der Waals surface area contributed by atoms with Gasteiger partial charge in [-0.2, -0.15) is 0 Å². The van der Waals surface area contributed by atoms with Gasteiger partial charge >= 0.3 is 0 Å². The first-order chi connectivity index (χ1) is 13.7. The van der Waals surface area contributed by atoms with Gasteiger partial charge in [0.2, 0.25) is 0 Å². The van der Waals surface area contributed by atoms with E-state index in [9.17, 15) is 4.79 Å². The van der Waals surface area contributed by atoms with E-state index in [4.69, 9.17) is 14.2 Å². The van der Waals surface area contributed by atoms with Gasteiger partial charge in [-0.1, -0.05) is 42.5 Å². The summed E-state index contributed by atoms with van der Waals surface area (Å²) in [6.45, 7) is 0.705. The van der Waals surface area contributed by atoms with Gasteiger partial charge < -0.3 is 19.5 Å². The molecule has 0 aliphatic heterocycles. The third-order valence-corrected chi connectivity index (χ3v) is 4.30. The molecule has 0 radical (unpaired) electrons. The maximum absolute atomic E-state index is 12.7. The van der Waals surface area contributed by atoms with E-state index >= 15 is 0 Å². The Bertz CT molecular complexity index is 925. The Morgan fingerprint density at radius 1 is 0.857 bits per heavy atom. The van der Waals surface area contributed by atoms with Crippen molar-refractivity contribution in [3.63, 3.8) is 0 Å². The summed E-state index contributed by atoms with van der Waals surface area (Å²) in [5.74, 6) is 1.90. The number of carbonyl (C=O) groups excluding carboxylic acids is 1. The third-order valence-electron chi connectivity index (χ3n) is 4.30. The van der Waals surface area contributed by atoms with Gasteiger partial charge in [0.15, 0.2) is 11.5 Å². The van der Waals surface area contributed by atoms with Gasteiger partial charge in [-0.3, -0.25) is 4.79 Å². The lowest BCUT2D eigenvalue weighted by molar-refractivity contribution is 0.0948. The first kappa shape index (κ1) is 19.3. The largest absolute Gasteiger partial charge is 0.493 e. The second kappa shape index (κ2) is 9.46. The number of ether oxygens (including phenoxy) is 3. The highest BCUT2D eigenvalue weighted by Gasteiger charge is 2.12. The molecule has 0 saturated carbocycles. The van der Waals surface area contributed by atoms with Crippen LogP contribution in [0.2, 0.25) is 0 Å². The number of nitrogens with one attached hydrogen (secondary N) is 1. The van der Waals surface area contributed by atoms with E-state index in [0.717, 1.165) is 16.9 Å². The SMILES string of the molecule is COc1ccc(CNC(=O)c2ccccc2COc2ccccc2)cc1OC. The van der Waals surface area contributed by atoms with Crippen molar-refractivity contribution in [1.29, 1.82) is 0 Å². The first-order valence-electron chi connectivity index (χ1n) is 8.96. The summed E-state index contributed by atoms with van der Waals surface area (Å²) in [5, 5.41) is 2.95. The summed E-state index contributed by atoms with van der Waals surface area (Å²) in [6.07, 6.45) is 0. The molecule has 0 bridgehead atoms. The number of benzene rings is 3. The molecule has 5 heteroatoms. The number of hydrogen-bond acceptors (Lipinski definition) is 4. The number of methoxy groups -OCH3 is 2. The molecule has 144 valence electrons. The fourth-order valence-corrected chi connectivity index (χ4v) is 2.81. The van der Waals surface area contributed by atoms with E-state index < -0.39 is 0 Å². The average Bonchev–Trinajstić information content (AvgIpc) is 2.76. The van der Waals surface area contributed by atoms with Crippen LogP contribution in [0, 0.1) is 0 Å². The van der Waals surface area contributed by atoms with E-state index in [0.29, 0.717) is 30.2 Å². The van der Waals surface area contributed by atoms with Gasteiger partial charge in [0, 0.05) is 17.7 Å². The van der Waals surface area contributed by atoms with E-state index in [1.165, 1.54) is 0 Å². The van der Waals surface area contributed by atoms with Crippen LogP contribution in [0.3, 0.4) is 0 Å². The molecule has 3 rings (SSSR count). The van der Waals surface area contributed by atoms with Crippen molar-refractivity contribution in [3.8, 4) is 17.2 Å². The Balaban J connectivity index is 1.66. The number of amides is 1. The molecule has 0 aromatic heterocycles. The van der Waals surface area contributed by atoms with Gasteiger partial charge in [0.25, 0.3) is 5.91 Å². The lowest BCUT2D eigenvalue weighted by Gasteiger charge is -2.13. The minimum atomic E-state index is -0.151. The molecular weight excluding hydrogens is 354 g/mol. The molecule has 5 nitrogen and oxygen atoms in total. The number of rotatable bonds is 8. The molecule has 0 heterocycles. The third kappa shape index (κ3) is 4.82. The van der Waals surface area contributed by atoms with Crippen LogP contribution >= 0.6 is 0 Å². The summed E-state index contributed by atoms with van der Waals surface area (Å²) in [6, 6.07) is 22.5. The van der Waals surface area contributed by atoms with Crippen molar-refractivity contribution in [2.75, 3.05) is 14.2 Å². The quantitative estimate of drug-likeness (QED) is 0.639. The molecule has 0 aliphatic carbocycles. The van der Waals surface area contributed by atoms with E-state index in [2.05, 4.69) is 5.32 Å². The normalized spacial score (nSPS) is 10.2. The highest BCUT2D eigenvalue weighted by atomic mass is 16.5. The minimum Gasteiger partial charge on any atom is -0.493 e. The summed E-state index contributed by atoms with van der Waals surface area (Å²) >= 11 is 0. The summed E-state index contributed by atoms with van der Waals surface area (Å²) in [7, 11) is 3.18. The van der Waals surface area contributed by atoms with Crippen LogP contribution in [-0.4, -0.2) is 20.1 Å². The molecule has 0 spiro atoms. The molecule has 0 atom stereocenters. The monoisotopic (exact) mass is 377 g/mol. The first-order valence-corrected chi connectivity index (χ1v) is 8.96. The molecular formula is C23H23NO4. The fraction of sp³-hybridized carbons (Fsp3) is 0.174. The van der Waals surface area contributed by atoms with Crippen molar-refractivity contribution < 1.29 is 19.0 Å². The lowest BCUT2D eigenvalue weighted by atomic mass is 10.1. The Morgan fingerprint density at radius 2 is 1.57 bits per heavy atom. The van der Waals surface area contributed by atoms with Crippen molar-refractivity contribution >= 4 is 5.91 Å². The standard InChI is InChI=1S/C23H23NO4/c1-26-21-13-12-17(14-22(21)27-2)15-24-23(25)20-11-7-6-8-18(20)16-28-19-9-4-3-5-10-19/h3-14H,15-16H2,1-2H3,(H,24,25). The van der Waals surface area contributed by atoms with Gasteiger partial charge in [-0.25, -0.2) is 0 Å². The molecule has 0 fully saturated rings. The Morgan fingerprint density at radius 3 is 2.32 bits per heavy atom. The van der Waals surface area contributed by atoms with Crippen molar-refractivity contribution in [3.05, 3.63) is 89.5 Å². The summed E-state index contributed by atoms with van der Waals surface area (Å²) in [5.41, 5.74) is 2.35. The van der Waals surface area contributed by atoms with E-state index in [1.807, 2.05) is 66.7 Å². The molecule has 1 amide bonds. The zero-order valence-electron chi connectivity index (χ0n) is 16.0. The van der Waals surface area contributed by atoms with Gasteiger partial charge in [0.05, 0.1) is 14.2 Å². The summed E-state index contributed by atoms with van der Waals surface area (Å²) < 4.78 is 16.3. The molecule has 3 aromatic carbocycles. The molecule has 0 saturated heterocycles. The second-order valence-electron chi connectivity index (χ2n) is 6.13. The van der Waals surface area contributed by atoms with Crippen LogP contribution in [0.5, 0.6) is 17.2 Å². The highest BCUT2D eigenvalue weighted by molar-refractivity contribution is 5.95. The maximum Gasteiger partial charge on any atom is 0.251 e. The molecule has 3 aromatic rings. The van der Waals surface area contributed by atoms with Crippen molar-refractivity contribution in [2.24, 2.45) is 0 Å². The minimum absolute atomic E-state index is 0.151. The zero-order chi connectivity index (χ0) is 19.8. The molecule has 1 N–H and O–H groups in total. The molecule has 28 heavy (non-hydrogen) atoms. The van der Waals surface area contributed by atoms with Crippen LogP contribution in [0.25, 0.3) is 0 Å². The number of carbonyl (C=O) groups is 1. The van der Waals surface area contributed by atoms with Crippen LogP contribution in [0.4, 0.5) is 0 Å². The predicted molar refractivity (Wildman–Crippen MR) is 108 cm³/mol. The fourth-order valence-electron chi connectivity index (χ4n) is 2.81. The maximum atomic E-state index is 12.7. The second-order valence-corrected chi connectivity index (χ2v) is 6.13. The van der Waals surface area contributed by atoms with E-state index in [-0.39, 0.29) is 5.91 Å². The summed E-state index contributed by atoms with van der Waals surface area (Å²) in [4.78, 5) is 12.7. The van der Waals surface area contributed by atoms with Crippen molar-refractivity contribution in [2.45, 2.75) is 13.2 Å². The zero-order valence-corrected chi connectivity index (χ0v) is 16.0. The van der Waals surface area contributed by atoms with Crippen LogP contribution in [0.1, 0.15) is 21.5 Å². The van der Waals surface area contributed by atoms with Crippen molar-refractivity contribution in [1.82, 2.24) is 5.32 Å². The topological polar surface area (TPSA) is 56.8 Å². The van der Waals surface area contributed by atoms with Crippen LogP contribution in [-0.2, 0) is 13.2 Å². The van der Waals surface area contributed by atoms with E-state index in [1.54, 1.807) is 20.3 Å².